The summed E-state index contributed by atoms with van der Waals surface area (Å²) in [5.41, 5.74) is 6.55. The van der Waals surface area contributed by atoms with E-state index < -0.39 is 15.7 Å². The Bertz CT molecular complexity index is 1520. The van der Waals surface area contributed by atoms with Gasteiger partial charge in [-0.3, -0.25) is 14.8 Å². The number of hydrogen-bond donors (Lipinski definition) is 2. The van der Waals surface area contributed by atoms with E-state index in [-0.39, 0.29) is 18.6 Å². The molecule has 0 unspecified atom stereocenters. The Morgan fingerprint density at radius 2 is 1.68 bits per heavy atom. The van der Waals surface area contributed by atoms with Gasteiger partial charge < -0.3 is 10.4 Å². The van der Waals surface area contributed by atoms with Crippen molar-refractivity contribution in [2.24, 2.45) is 0 Å². The average Bonchev–Trinajstić information content (AvgIpc) is 3.33. The van der Waals surface area contributed by atoms with Crippen molar-refractivity contribution < 1.29 is 14.1 Å². The number of aromatic nitrogens is 3. The summed E-state index contributed by atoms with van der Waals surface area (Å²) in [5, 5.41) is 13.0. The van der Waals surface area contributed by atoms with Crippen LogP contribution in [0.4, 0.5) is 0 Å². The second kappa shape index (κ2) is 11.8. The molecular formula is C31H33N5O3S. The van der Waals surface area contributed by atoms with Crippen molar-refractivity contribution in [3.05, 3.63) is 102 Å². The fourth-order valence-corrected chi connectivity index (χ4v) is 6.37. The predicted octanol–water partition coefficient (Wildman–Crippen LogP) is 4.84. The zero-order valence-corrected chi connectivity index (χ0v) is 23.7. The third-order valence-electron chi connectivity index (χ3n) is 6.88. The molecule has 2 N–H and O–H groups in total. The quantitative estimate of drug-likeness (QED) is 0.322. The van der Waals surface area contributed by atoms with Crippen LogP contribution in [0.2, 0.25) is 0 Å². The fraction of sp³-hybridized carbons (Fsp3) is 0.290. The Balaban J connectivity index is 1.60. The van der Waals surface area contributed by atoms with Crippen LogP contribution < -0.4 is 5.32 Å². The number of fused-ring (bicyclic) bond motifs is 1. The number of hydrogen-bond acceptors (Lipinski definition) is 6. The number of rotatable bonds is 8. The van der Waals surface area contributed by atoms with Gasteiger partial charge in [0.2, 0.25) is 0 Å². The molecule has 4 aromatic rings. The van der Waals surface area contributed by atoms with Gasteiger partial charge in [0.15, 0.2) is 0 Å². The Hall–Kier alpha value is -3.79. The Morgan fingerprint density at radius 3 is 2.35 bits per heavy atom. The van der Waals surface area contributed by atoms with E-state index in [4.69, 9.17) is 4.98 Å². The summed E-state index contributed by atoms with van der Waals surface area (Å²) < 4.78 is 15.1. The SMILES string of the molecule is CC(C)(C)[S@](=O)N1Cc2cc(C(=O)NCc3ccncc3)nc(-c3cccc(-c4ccncc4)c3)c2[C@@H]1CCO. The maximum absolute atomic E-state index is 13.6. The van der Waals surface area contributed by atoms with Gasteiger partial charge in [-0.1, -0.05) is 18.2 Å². The van der Waals surface area contributed by atoms with E-state index in [9.17, 15) is 14.1 Å². The lowest BCUT2D eigenvalue weighted by molar-refractivity contribution is 0.0946. The van der Waals surface area contributed by atoms with Gasteiger partial charge in [0.1, 0.15) is 16.7 Å². The third kappa shape index (κ3) is 5.86. The van der Waals surface area contributed by atoms with Crippen LogP contribution in [0.1, 0.15) is 60.4 Å². The normalized spacial score (nSPS) is 15.9. The molecule has 5 rings (SSSR count). The van der Waals surface area contributed by atoms with E-state index in [2.05, 4.69) is 21.4 Å². The number of aliphatic hydroxyl groups is 1. The van der Waals surface area contributed by atoms with Crippen LogP contribution in [0.15, 0.2) is 79.4 Å². The van der Waals surface area contributed by atoms with Crippen molar-refractivity contribution in [3.63, 3.8) is 0 Å². The van der Waals surface area contributed by atoms with Crippen molar-refractivity contribution in [2.75, 3.05) is 6.61 Å². The number of carbonyl (C=O) groups excluding carboxylic acids is 1. The summed E-state index contributed by atoms with van der Waals surface area (Å²) in [7, 11) is -1.33. The maximum Gasteiger partial charge on any atom is 0.270 e. The van der Waals surface area contributed by atoms with E-state index >= 15 is 0 Å². The molecule has 1 aromatic carbocycles. The van der Waals surface area contributed by atoms with Crippen molar-refractivity contribution in [1.29, 1.82) is 0 Å². The first-order chi connectivity index (χ1) is 19.3. The predicted molar refractivity (Wildman–Crippen MR) is 156 cm³/mol. The van der Waals surface area contributed by atoms with Crippen molar-refractivity contribution in [1.82, 2.24) is 24.6 Å². The summed E-state index contributed by atoms with van der Waals surface area (Å²) in [4.78, 5) is 26.4. The first-order valence-corrected chi connectivity index (χ1v) is 14.4. The van der Waals surface area contributed by atoms with Crippen LogP contribution in [-0.4, -0.2) is 45.8 Å². The van der Waals surface area contributed by atoms with Crippen LogP contribution >= 0.6 is 0 Å². The largest absolute Gasteiger partial charge is 0.396 e. The van der Waals surface area contributed by atoms with E-state index in [1.807, 2.05) is 67.5 Å². The molecular weight excluding hydrogens is 522 g/mol. The van der Waals surface area contributed by atoms with Crippen LogP contribution in [0.25, 0.3) is 22.4 Å². The minimum absolute atomic E-state index is 0.0629. The summed E-state index contributed by atoms with van der Waals surface area (Å²) in [6, 6.07) is 17.1. The maximum atomic E-state index is 13.6. The Labute approximate surface area is 237 Å². The fourth-order valence-electron chi connectivity index (χ4n) is 4.97. The molecule has 8 nitrogen and oxygen atoms in total. The highest BCUT2D eigenvalue weighted by Crippen LogP contribution is 2.44. The lowest BCUT2D eigenvalue weighted by Gasteiger charge is -2.30. The molecule has 0 spiro atoms. The zero-order valence-electron chi connectivity index (χ0n) is 22.9. The standard InChI is InChI=1S/C31H33N5O3S/c1-31(2,3)40(39)36-20-25-18-26(30(38)34-19-21-7-12-32-13-8-21)35-29(28(25)27(36)11-16-37)24-6-4-5-23(17-24)22-9-14-33-15-10-22/h4-10,12-15,17-18,27,37H,11,16,19-20H2,1-3H3,(H,34,38)/t27-,40-/m0/s1. The molecule has 9 heteroatoms. The summed E-state index contributed by atoms with van der Waals surface area (Å²) in [6.45, 7) is 6.51. The number of amides is 1. The molecule has 4 heterocycles. The minimum Gasteiger partial charge on any atom is -0.396 e. The number of nitrogens with zero attached hydrogens (tertiary/aromatic N) is 4. The molecule has 3 aromatic heterocycles. The van der Waals surface area contributed by atoms with Gasteiger partial charge in [0.05, 0.1) is 16.5 Å². The molecule has 0 saturated heterocycles. The average molecular weight is 556 g/mol. The van der Waals surface area contributed by atoms with Gasteiger partial charge >= 0.3 is 0 Å². The Kier molecular flexibility index (Phi) is 8.16. The summed E-state index contributed by atoms with van der Waals surface area (Å²) in [5.74, 6) is -0.291. The van der Waals surface area contributed by atoms with Gasteiger partial charge in [-0.25, -0.2) is 13.5 Å². The summed E-state index contributed by atoms with van der Waals surface area (Å²) >= 11 is 0. The highest BCUT2D eigenvalue weighted by atomic mass is 32.2. The molecule has 206 valence electrons. The minimum atomic E-state index is -1.33. The van der Waals surface area contributed by atoms with Gasteiger partial charge in [0.25, 0.3) is 5.91 Å². The van der Waals surface area contributed by atoms with Crippen molar-refractivity contribution >= 4 is 16.9 Å². The van der Waals surface area contributed by atoms with Crippen LogP contribution in [-0.2, 0) is 24.1 Å². The first kappa shape index (κ1) is 27.8. The highest BCUT2D eigenvalue weighted by molar-refractivity contribution is 7.84. The Morgan fingerprint density at radius 1 is 1.00 bits per heavy atom. The molecule has 1 amide bonds. The smallest absolute Gasteiger partial charge is 0.270 e. The van der Waals surface area contributed by atoms with Crippen LogP contribution in [0.5, 0.6) is 0 Å². The number of carbonyl (C=O) groups is 1. The molecule has 0 aliphatic carbocycles. The van der Waals surface area contributed by atoms with Gasteiger partial charge in [-0.15, -0.1) is 0 Å². The topological polar surface area (TPSA) is 108 Å². The molecule has 1 aliphatic rings. The molecule has 0 saturated carbocycles. The number of aliphatic hydroxyl groups excluding tert-OH is 1. The molecule has 0 radical (unpaired) electrons. The molecule has 0 bridgehead atoms. The summed E-state index contributed by atoms with van der Waals surface area (Å²) in [6.07, 6.45) is 7.29. The van der Waals surface area contributed by atoms with Gasteiger partial charge in [0, 0.05) is 55.6 Å². The lowest BCUT2D eigenvalue weighted by Crippen LogP contribution is -2.36. The third-order valence-corrected chi connectivity index (χ3v) is 8.73. The van der Waals surface area contributed by atoms with E-state index in [0.717, 1.165) is 33.4 Å². The number of nitrogens with one attached hydrogen (secondary N) is 1. The van der Waals surface area contributed by atoms with Gasteiger partial charge in [-0.2, -0.15) is 0 Å². The number of benzene rings is 1. The second-order valence-electron chi connectivity index (χ2n) is 10.7. The number of pyridine rings is 3. The van der Waals surface area contributed by atoms with E-state index in [0.29, 0.717) is 30.9 Å². The first-order valence-electron chi connectivity index (χ1n) is 13.3. The van der Waals surface area contributed by atoms with Crippen molar-refractivity contribution in [3.8, 4) is 22.4 Å². The molecule has 0 fully saturated rings. The van der Waals surface area contributed by atoms with Gasteiger partial charge in [-0.05, 0) is 85.8 Å². The molecule has 40 heavy (non-hydrogen) atoms. The van der Waals surface area contributed by atoms with Crippen molar-refractivity contribution in [2.45, 2.75) is 51.1 Å². The molecule has 2 atom stereocenters. The lowest BCUT2D eigenvalue weighted by atomic mass is 9.94. The second-order valence-corrected chi connectivity index (χ2v) is 12.9. The van der Waals surface area contributed by atoms with Crippen LogP contribution in [0.3, 0.4) is 0 Å². The molecule has 1 aliphatic heterocycles. The van der Waals surface area contributed by atoms with E-state index in [1.54, 1.807) is 30.9 Å². The van der Waals surface area contributed by atoms with Crippen LogP contribution in [0, 0.1) is 0 Å². The zero-order chi connectivity index (χ0) is 28.3. The monoisotopic (exact) mass is 555 g/mol. The highest BCUT2D eigenvalue weighted by Gasteiger charge is 2.40. The van der Waals surface area contributed by atoms with E-state index in [1.165, 1.54) is 0 Å².